The van der Waals surface area contributed by atoms with E-state index >= 15 is 0 Å². The Morgan fingerprint density at radius 3 is 2.57 bits per heavy atom. The van der Waals surface area contributed by atoms with Gasteiger partial charge in [0, 0.05) is 0 Å². The second-order valence-electron chi connectivity index (χ2n) is 3.76. The van der Waals surface area contributed by atoms with Crippen LogP contribution in [-0.4, -0.2) is 12.1 Å². The molecule has 0 saturated carbocycles. The van der Waals surface area contributed by atoms with Crippen molar-refractivity contribution >= 4 is 12.6 Å². The molecule has 0 radical (unpaired) electrons. The highest BCUT2D eigenvalue weighted by Gasteiger charge is 2.44. The van der Waals surface area contributed by atoms with Gasteiger partial charge in [0.1, 0.15) is 0 Å². The van der Waals surface area contributed by atoms with E-state index in [4.69, 9.17) is 4.65 Å². The number of fused-ring (bicyclic) bond motifs is 1. The van der Waals surface area contributed by atoms with Crippen molar-refractivity contribution in [2.24, 2.45) is 0 Å². The van der Waals surface area contributed by atoms with Crippen molar-refractivity contribution in [2.75, 3.05) is 0 Å². The van der Waals surface area contributed by atoms with Gasteiger partial charge in [-0.2, -0.15) is 0 Å². The average molecular weight is 190 g/mol. The molecule has 0 saturated heterocycles. The van der Waals surface area contributed by atoms with Gasteiger partial charge in [-0.15, -0.1) is 0 Å². The van der Waals surface area contributed by atoms with Crippen molar-refractivity contribution in [2.45, 2.75) is 32.3 Å². The van der Waals surface area contributed by atoms with Gasteiger partial charge in [-0.3, -0.25) is 0 Å². The summed E-state index contributed by atoms with van der Waals surface area (Å²) in [5.74, 6) is 0. The largest absolute Gasteiger partial charge is 0.492 e. The molecular weight excluding hydrogens is 175 g/mol. The molecule has 0 spiro atoms. The molecule has 0 amide bonds. The molecule has 14 heavy (non-hydrogen) atoms. The van der Waals surface area contributed by atoms with Gasteiger partial charge < -0.3 is 9.68 Å². The van der Waals surface area contributed by atoms with Crippen LogP contribution >= 0.6 is 0 Å². The maximum absolute atomic E-state index is 9.76. The number of hydrogen-bond donors (Lipinski definition) is 1. The van der Waals surface area contributed by atoms with E-state index in [0.29, 0.717) is 0 Å². The predicted molar refractivity (Wildman–Crippen MR) is 57.4 cm³/mol. The van der Waals surface area contributed by atoms with Crippen LogP contribution < -0.4 is 5.46 Å². The van der Waals surface area contributed by atoms with Gasteiger partial charge >= 0.3 is 7.12 Å². The van der Waals surface area contributed by atoms with Gasteiger partial charge in [0.05, 0.1) is 5.60 Å². The van der Waals surface area contributed by atoms with Crippen LogP contribution in [0.2, 0.25) is 0 Å². The van der Waals surface area contributed by atoms with Crippen LogP contribution in [-0.2, 0) is 10.3 Å². The minimum absolute atomic E-state index is 0.268. The van der Waals surface area contributed by atoms with E-state index in [9.17, 15) is 5.02 Å². The molecule has 0 fully saturated rings. The van der Waals surface area contributed by atoms with E-state index in [1.807, 2.05) is 18.2 Å². The summed E-state index contributed by atoms with van der Waals surface area (Å²) >= 11 is 0. The van der Waals surface area contributed by atoms with Crippen LogP contribution in [0.4, 0.5) is 0 Å². The molecule has 3 heteroatoms. The molecule has 0 unspecified atom stereocenters. The molecule has 1 heterocycles. The van der Waals surface area contributed by atoms with E-state index in [1.54, 1.807) is 0 Å². The first-order chi connectivity index (χ1) is 6.73. The Bertz CT molecular complexity index is 334. The molecule has 1 aromatic carbocycles. The molecular formula is C11H15BO2. The van der Waals surface area contributed by atoms with E-state index in [2.05, 4.69) is 19.9 Å². The van der Waals surface area contributed by atoms with Gasteiger partial charge in [0.2, 0.25) is 0 Å². The summed E-state index contributed by atoms with van der Waals surface area (Å²) < 4.78 is 5.67. The highest BCUT2D eigenvalue weighted by atomic mass is 16.5. The quantitative estimate of drug-likeness (QED) is 0.714. The zero-order valence-corrected chi connectivity index (χ0v) is 8.66. The average Bonchev–Trinajstić information content (AvgIpc) is 2.53. The lowest BCUT2D eigenvalue weighted by molar-refractivity contribution is 0.0520. The topological polar surface area (TPSA) is 29.5 Å². The smallest absolute Gasteiger partial charge is 0.423 e. The Labute approximate surface area is 85.1 Å². The minimum atomic E-state index is -0.744. The Morgan fingerprint density at radius 2 is 1.93 bits per heavy atom. The minimum Gasteiger partial charge on any atom is -0.423 e. The SMILES string of the molecule is CCC1(CC)OB(O)c2ccccc21. The Morgan fingerprint density at radius 1 is 1.29 bits per heavy atom. The van der Waals surface area contributed by atoms with Gasteiger partial charge in [0.25, 0.3) is 0 Å². The van der Waals surface area contributed by atoms with E-state index in [0.717, 1.165) is 23.9 Å². The monoisotopic (exact) mass is 190 g/mol. The first-order valence-corrected chi connectivity index (χ1v) is 5.19. The van der Waals surface area contributed by atoms with Gasteiger partial charge in [-0.05, 0) is 23.9 Å². The van der Waals surface area contributed by atoms with Crippen molar-refractivity contribution in [1.82, 2.24) is 0 Å². The third kappa shape index (κ3) is 1.20. The second-order valence-corrected chi connectivity index (χ2v) is 3.76. The predicted octanol–water partition coefficient (Wildman–Crippen LogP) is 1.42. The van der Waals surface area contributed by atoms with Crippen molar-refractivity contribution in [1.29, 1.82) is 0 Å². The summed E-state index contributed by atoms with van der Waals surface area (Å²) in [4.78, 5) is 0. The van der Waals surface area contributed by atoms with E-state index < -0.39 is 7.12 Å². The number of rotatable bonds is 2. The second kappa shape index (κ2) is 3.41. The fourth-order valence-corrected chi connectivity index (χ4v) is 2.27. The van der Waals surface area contributed by atoms with E-state index in [1.165, 1.54) is 0 Å². The summed E-state index contributed by atoms with van der Waals surface area (Å²) in [6, 6.07) is 7.93. The van der Waals surface area contributed by atoms with Crippen LogP contribution in [0.5, 0.6) is 0 Å². The Kier molecular flexibility index (Phi) is 2.37. The molecule has 0 bridgehead atoms. The van der Waals surface area contributed by atoms with Crippen molar-refractivity contribution in [3.8, 4) is 0 Å². The summed E-state index contributed by atoms with van der Waals surface area (Å²) in [6.07, 6.45) is 1.80. The number of hydrogen-bond acceptors (Lipinski definition) is 2. The van der Waals surface area contributed by atoms with Crippen LogP contribution in [0.1, 0.15) is 32.3 Å². The normalized spacial score (nSPS) is 18.4. The highest BCUT2D eigenvalue weighted by molar-refractivity contribution is 6.61. The molecule has 1 aliphatic rings. The lowest BCUT2D eigenvalue weighted by Crippen LogP contribution is -2.29. The van der Waals surface area contributed by atoms with Crippen LogP contribution in [0.15, 0.2) is 24.3 Å². The molecule has 2 rings (SSSR count). The summed E-state index contributed by atoms with van der Waals surface area (Å²) in [5.41, 5.74) is 1.81. The third-order valence-corrected chi connectivity index (χ3v) is 3.20. The van der Waals surface area contributed by atoms with Crippen LogP contribution in [0.3, 0.4) is 0 Å². The van der Waals surface area contributed by atoms with Gasteiger partial charge in [-0.1, -0.05) is 38.1 Å². The first-order valence-electron chi connectivity index (χ1n) is 5.19. The molecule has 0 atom stereocenters. The molecule has 2 nitrogen and oxygen atoms in total. The molecule has 1 aliphatic heterocycles. The summed E-state index contributed by atoms with van der Waals surface area (Å²) in [5, 5.41) is 9.76. The van der Waals surface area contributed by atoms with Crippen LogP contribution in [0, 0.1) is 0 Å². The van der Waals surface area contributed by atoms with Crippen LogP contribution in [0.25, 0.3) is 0 Å². The lowest BCUT2D eigenvalue weighted by Gasteiger charge is -2.27. The van der Waals surface area contributed by atoms with E-state index in [-0.39, 0.29) is 5.60 Å². The zero-order chi connectivity index (χ0) is 10.2. The maximum Gasteiger partial charge on any atom is 0.492 e. The maximum atomic E-state index is 9.76. The third-order valence-electron chi connectivity index (χ3n) is 3.20. The summed E-state index contributed by atoms with van der Waals surface area (Å²) in [7, 11) is -0.744. The van der Waals surface area contributed by atoms with Crippen molar-refractivity contribution in [3.63, 3.8) is 0 Å². The zero-order valence-electron chi connectivity index (χ0n) is 8.66. The number of benzene rings is 1. The fraction of sp³-hybridized carbons (Fsp3) is 0.455. The lowest BCUT2D eigenvalue weighted by atomic mass is 9.77. The van der Waals surface area contributed by atoms with Gasteiger partial charge in [-0.25, -0.2) is 0 Å². The molecule has 0 aliphatic carbocycles. The Balaban J connectivity index is 2.52. The summed E-state index contributed by atoms with van der Waals surface area (Å²) in [6.45, 7) is 4.19. The highest BCUT2D eigenvalue weighted by Crippen LogP contribution is 2.36. The first kappa shape index (κ1) is 9.75. The Hall–Kier alpha value is -0.795. The van der Waals surface area contributed by atoms with Gasteiger partial charge in [0.15, 0.2) is 0 Å². The molecule has 1 aromatic rings. The molecule has 0 aromatic heterocycles. The molecule has 1 N–H and O–H groups in total. The molecule has 74 valence electrons. The standard InChI is InChI=1S/C11H15BO2/c1-3-11(4-2)9-7-5-6-8-10(9)12(13)14-11/h5-8,13H,3-4H2,1-2H3. The van der Waals surface area contributed by atoms with Crippen molar-refractivity contribution in [3.05, 3.63) is 29.8 Å². The fourth-order valence-electron chi connectivity index (χ4n) is 2.27. The van der Waals surface area contributed by atoms with Crippen molar-refractivity contribution < 1.29 is 9.68 Å².